The number of carbonyl (C=O) groups is 1. The van der Waals surface area contributed by atoms with Gasteiger partial charge in [0.25, 0.3) is 0 Å². The Hall–Kier alpha value is -0.410. The molecule has 0 heterocycles. The minimum atomic E-state index is -0.274. The summed E-state index contributed by atoms with van der Waals surface area (Å²) in [7, 11) is 0. The zero-order valence-corrected chi connectivity index (χ0v) is 6.62. The molecule has 0 amide bonds. The summed E-state index contributed by atoms with van der Waals surface area (Å²) in [6, 6.07) is 0. The van der Waals surface area contributed by atoms with Gasteiger partial charge in [-0.05, 0) is 19.3 Å². The molecule has 0 saturated heterocycles. The highest BCUT2D eigenvalue weighted by molar-refractivity contribution is 5.82. The minimum absolute atomic E-state index is 0.0312. The molecule has 1 rings (SSSR count). The molecule has 64 valence electrons. The second-order valence-electron chi connectivity index (χ2n) is 3.19. The van der Waals surface area contributed by atoms with E-state index >= 15 is 0 Å². The van der Waals surface area contributed by atoms with Crippen LogP contribution in [0, 0.1) is 5.92 Å². The maximum atomic E-state index is 11.1. The quantitative estimate of drug-likeness (QED) is 0.596. The fourth-order valence-corrected chi connectivity index (χ4v) is 1.62. The third kappa shape index (κ3) is 2.27. The van der Waals surface area contributed by atoms with Crippen molar-refractivity contribution < 1.29 is 9.90 Å². The molecule has 0 spiro atoms. The van der Waals surface area contributed by atoms with E-state index in [1.54, 1.807) is 0 Å². The number of carbonyl (C=O) groups excluding carboxylic acids is 1. The van der Waals surface area contributed by atoms with Gasteiger partial charge < -0.3 is 10.8 Å². The molecule has 0 aromatic carbocycles. The van der Waals surface area contributed by atoms with Crippen molar-refractivity contribution in [3.05, 3.63) is 0 Å². The van der Waals surface area contributed by atoms with Gasteiger partial charge in [-0.1, -0.05) is 6.42 Å². The first-order valence-electron chi connectivity index (χ1n) is 4.15. The molecule has 0 bridgehead atoms. The topological polar surface area (TPSA) is 63.3 Å². The number of Topliss-reactive ketones (excluding diaryl/α,β-unsaturated/α-hetero) is 1. The van der Waals surface area contributed by atoms with Crippen LogP contribution in [0.2, 0.25) is 0 Å². The van der Waals surface area contributed by atoms with Crippen molar-refractivity contribution in [3.8, 4) is 0 Å². The first kappa shape index (κ1) is 8.68. The highest BCUT2D eigenvalue weighted by Crippen LogP contribution is 2.24. The predicted octanol–water partition coefficient (Wildman–Crippen LogP) is 0.0653. The standard InChI is InChI=1S/C8H15NO2/c9-5-8(11)6-2-1-3-7(10)4-6/h6-7,10H,1-5,9H2/t6-,7+/m1/s1. The summed E-state index contributed by atoms with van der Waals surface area (Å²) in [4.78, 5) is 11.1. The molecule has 0 aromatic heterocycles. The van der Waals surface area contributed by atoms with E-state index in [2.05, 4.69) is 0 Å². The van der Waals surface area contributed by atoms with Crippen molar-refractivity contribution in [2.75, 3.05) is 6.54 Å². The van der Waals surface area contributed by atoms with E-state index in [-0.39, 0.29) is 24.3 Å². The smallest absolute Gasteiger partial charge is 0.149 e. The van der Waals surface area contributed by atoms with E-state index in [0.29, 0.717) is 6.42 Å². The second kappa shape index (κ2) is 3.83. The Morgan fingerprint density at radius 1 is 1.55 bits per heavy atom. The first-order valence-corrected chi connectivity index (χ1v) is 4.15. The molecule has 3 nitrogen and oxygen atoms in total. The van der Waals surface area contributed by atoms with E-state index in [1.807, 2.05) is 0 Å². The third-order valence-electron chi connectivity index (χ3n) is 2.30. The van der Waals surface area contributed by atoms with Crippen LogP contribution in [0.1, 0.15) is 25.7 Å². The number of aliphatic hydroxyl groups is 1. The molecule has 1 saturated carbocycles. The molecular formula is C8H15NO2. The van der Waals surface area contributed by atoms with Crippen LogP contribution >= 0.6 is 0 Å². The van der Waals surface area contributed by atoms with Crippen LogP contribution in [0.3, 0.4) is 0 Å². The summed E-state index contributed by atoms with van der Waals surface area (Å²) in [5.41, 5.74) is 5.22. The van der Waals surface area contributed by atoms with E-state index < -0.39 is 0 Å². The molecule has 0 aliphatic heterocycles. The summed E-state index contributed by atoms with van der Waals surface area (Å²) in [5.74, 6) is 0.132. The van der Waals surface area contributed by atoms with Crippen molar-refractivity contribution in [2.24, 2.45) is 11.7 Å². The molecule has 3 heteroatoms. The monoisotopic (exact) mass is 157 g/mol. The first-order chi connectivity index (χ1) is 5.24. The van der Waals surface area contributed by atoms with Gasteiger partial charge in [0.2, 0.25) is 0 Å². The van der Waals surface area contributed by atoms with Crippen molar-refractivity contribution in [3.63, 3.8) is 0 Å². The normalized spacial score (nSPS) is 31.8. The van der Waals surface area contributed by atoms with Gasteiger partial charge in [-0.3, -0.25) is 4.79 Å². The predicted molar refractivity (Wildman–Crippen MR) is 42.0 cm³/mol. The fourth-order valence-electron chi connectivity index (χ4n) is 1.62. The van der Waals surface area contributed by atoms with Crippen LogP contribution in [0.5, 0.6) is 0 Å². The Morgan fingerprint density at radius 2 is 2.27 bits per heavy atom. The molecule has 0 radical (unpaired) electrons. The summed E-state index contributed by atoms with van der Waals surface area (Å²) in [6.07, 6.45) is 3.05. The Labute approximate surface area is 66.6 Å². The lowest BCUT2D eigenvalue weighted by molar-refractivity contribution is -0.123. The van der Waals surface area contributed by atoms with Gasteiger partial charge in [-0.15, -0.1) is 0 Å². The van der Waals surface area contributed by atoms with Crippen LogP contribution in [0.25, 0.3) is 0 Å². The molecule has 3 N–H and O–H groups in total. The van der Waals surface area contributed by atoms with Gasteiger partial charge in [0.15, 0.2) is 0 Å². The number of hydrogen-bond donors (Lipinski definition) is 2. The van der Waals surface area contributed by atoms with Gasteiger partial charge in [-0.2, -0.15) is 0 Å². The van der Waals surface area contributed by atoms with Crippen LogP contribution in [-0.4, -0.2) is 23.5 Å². The minimum Gasteiger partial charge on any atom is -0.393 e. The Kier molecular flexibility index (Phi) is 3.02. The number of rotatable bonds is 2. The Balaban J connectivity index is 2.39. The largest absolute Gasteiger partial charge is 0.393 e. The van der Waals surface area contributed by atoms with Gasteiger partial charge >= 0.3 is 0 Å². The third-order valence-corrected chi connectivity index (χ3v) is 2.30. The number of aliphatic hydroxyl groups excluding tert-OH is 1. The molecule has 1 aliphatic rings. The fraction of sp³-hybridized carbons (Fsp3) is 0.875. The lowest BCUT2D eigenvalue weighted by Crippen LogP contribution is -2.29. The lowest BCUT2D eigenvalue weighted by atomic mass is 9.84. The molecule has 2 atom stereocenters. The molecule has 11 heavy (non-hydrogen) atoms. The van der Waals surface area contributed by atoms with Crippen molar-refractivity contribution >= 4 is 5.78 Å². The zero-order valence-electron chi connectivity index (χ0n) is 6.62. The van der Waals surface area contributed by atoms with Gasteiger partial charge in [-0.25, -0.2) is 0 Å². The molecule has 0 aromatic rings. The average molecular weight is 157 g/mol. The number of hydrogen-bond acceptors (Lipinski definition) is 3. The number of nitrogens with two attached hydrogens (primary N) is 1. The molecule has 1 aliphatic carbocycles. The molecule has 1 fully saturated rings. The molecule has 0 unspecified atom stereocenters. The maximum Gasteiger partial charge on any atom is 0.149 e. The summed E-state index contributed by atoms with van der Waals surface area (Å²) in [5, 5.41) is 9.23. The summed E-state index contributed by atoms with van der Waals surface area (Å²) in [6.45, 7) is 0.122. The van der Waals surface area contributed by atoms with Crippen molar-refractivity contribution in [2.45, 2.75) is 31.8 Å². The highest BCUT2D eigenvalue weighted by Gasteiger charge is 2.24. The van der Waals surface area contributed by atoms with Gasteiger partial charge in [0.05, 0.1) is 12.6 Å². The SMILES string of the molecule is NCC(=O)[C@@H]1CCC[C@H](O)C1. The van der Waals surface area contributed by atoms with E-state index in [9.17, 15) is 9.90 Å². The lowest BCUT2D eigenvalue weighted by Gasteiger charge is -2.23. The average Bonchev–Trinajstić information content (AvgIpc) is 2.03. The van der Waals surface area contributed by atoms with Crippen molar-refractivity contribution in [1.29, 1.82) is 0 Å². The van der Waals surface area contributed by atoms with E-state index in [4.69, 9.17) is 5.73 Å². The van der Waals surface area contributed by atoms with E-state index in [0.717, 1.165) is 19.3 Å². The van der Waals surface area contributed by atoms with Crippen LogP contribution in [0.15, 0.2) is 0 Å². The maximum absolute atomic E-state index is 11.1. The highest BCUT2D eigenvalue weighted by atomic mass is 16.3. The Morgan fingerprint density at radius 3 is 2.82 bits per heavy atom. The second-order valence-corrected chi connectivity index (χ2v) is 3.19. The molecular weight excluding hydrogens is 142 g/mol. The van der Waals surface area contributed by atoms with E-state index in [1.165, 1.54) is 0 Å². The zero-order chi connectivity index (χ0) is 8.27. The van der Waals surface area contributed by atoms with Crippen LogP contribution in [-0.2, 0) is 4.79 Å². The van der Waals surface area contributed by atoms with Crippen LogP contribution < -0.4 is 5.73 Å². The number of ketones is 1. The van der Waals surface area contributed by atoms with Crippen molar-refractivity contribution in [1.82, 2.24) is 0 Å². The summed E-state index contributed by atoms with van der Waals surface area (Å²) < 4.78 is 0. The summed E-state index contributed by atoms with van der Waals surface area (Å²) >= 11 is 0. The van der Waals surface area contributed by atoms with Gasteiger partial charge in [0.1, 0.15) is 5.78 Å². The van der Waals surface area contributed by atoms with Crippen LogP contribution in [0.4, 0.5) is 0 Å². The Bertz CT molecular complexity index is 147. The van der Waals surface area contributed by atoms with Gasteiger partial charge in [0, 0.05) is 5.92 Å².